The van der Waals surface area contributed by atoms with Gasteiger partial charge in [0.1, 0.15) is 17.7 Å². The van der Waals surface area contributed by atoms with Gasteiger partial charge in [-0.25, -0.2) is 0 Å². The van der Waals surface area contributed by atoms with Crippen LogP contribution in [0.25, 0.3) is 0 Å². The second-order valence-corrected chi connectivity index (χ2v) is 8.07. The van der Waals surface area contributed by atoms with Gasteiger partial charge in [-0.3, -0.25) is 0 Å². The minimum absolute atomic E-state index is 0. The minimum Gasteiger partial charge on any atom is -0.367 e. The van der Waals surface area contributed by atoms with E-state index in [4.69, 9.17) is 32.7 Å². The SMILES string of the molecule is Br.C=CCOC(c1ccc(Cl)cc1)C(Cl)N1C=CN(CC2OCc3ccccc32)C1. The summed E-state index contributed by atoms with van der Waals surface area (Å²) in [4.78, 5) is 4.29. The average Bonchev–Trinajstić information content (AvgIpc) is 3.37. The van der Waals surface area contributed by atoms with E-state index in [0.29, 0.717) is 24.9 Å². The van der Waals surface area contributed by atoms with E-state index >= 15 is 0 Å². The summed E-state index contributed by atoms with van der Waals surface area (Å²) in [6.45, 7) is 6.30. The number of halogens is 3. The Morgan fingerprint density at radius 3 is 2.70 bits per heavy atom. The van der Waals surface area contributed by atoms with Gasteiger partial charge in [-0.05, 0) is 28.8 Å². The zero-order chi connectivity index (χ0) is 20.2. The highest BCUT2D eigenvalue weighted by atomic mass is 79.9. The molecule has 3 atom stereocenters. The van der Waals surface area contributed by atoms with Crippen LogP contribution in [0.3, 0.4) is 0 Å². The van der Waals surface area contributed by atoms with Crippen LogP contribution in [-0.2, 0) is 16.1 Å². The van der Waals surface area contributed by atoms with Gasteiger partial charge in [-0.1, -0.05) is 65.7 Å². The van der Waals surface area contributed by atoms with Gasteiger partial charge < -0.3 is 19.3 Å². The van der Waals surface area contributed by atoms with Crippen LogP contribution in [0.15, 0.2) is 73.6 Å². The maximum Gasteiger partial charge on any atom is 0.135 e. The normalized spacial score (nSPS) is 19.3. The lowest BCUT2D eigenvalue weighted by Gasteiger charge is -2.32. The summed E-state index contributed by atoms with van der Waals surface area (Å²) < 4.78 is 12.0. The lowest BCUT2D eigenvalue weighted by atomic mass is 10.1. The third-order valence-electron chi connectivity index (χ3n) is 5.22. The molecule has 0 aromatic heterocycles. The quantitative estimate of drug-likeness (QED) is 0.245. The first-order valence-corrected chi connectivity index (χ1v) is 10.5. The Balaban J connectivity index is 0.00000256. The second kappa shape index (κ2) is 10.7. The van der Waals surface area contributed by atoms with E-state index in [1.54, 1.807) is 6.08 Å². The fourth-order valence-electron chi connectivity index (χ4n) is 3.72. The summed E-state index contributed by atoms with van der Waals surface area (Å²) in [6.07, 6.45) is 5.58. The van der Waals surface area contributed by atoms with Crippen molar-refractivity contribution >= 4 is 40.2 Å². The maximum absolute atomic E-state index is 6.85. The molecular weight excluding hydrogens is 487 g/mol. The Kier molecular flexibility index (Phi) is 8.26. The van der Waals surface area contributed by atoms with Crippen molar-refractivity contribution in [2.75, 3.05) is 19.8 Å². The Labute approximate surface area is 198 Å². The average molecular weight is 512 g/mol. The highest BCUT2D eigenvalue weighted by Crippen LogP contribution is 2.34. The molecule has 4 rings (SSSR count). The van der Waals surface area contributed by atoms with Crippen molar-refractivity contribution in [3.63, 3.8) is 0 Å². The van der Waals surface area contributed by atoms with E-state index in [1.807, 2.05) is 30.5 Å². The Morgan fingerprint density at radius 1 is 1.17 bits per heavy atom. The van der Waals surface area contributed by atoms with Crippen LogP contribution in [0.5, 0.6) is 0 Å². The summed E-state index contributed by atoms with van der Waals surface area (Å²) in [7, 11) is 0. The van der Waals surface area contributed by atoms with Crippen molar-refractivity contribution in [3.8, 4) is 0 Å². The highest BCUT2D eigenvalue weighted by molar-refractivity contribution is 8.93. The lowest BCUT2D eigenvalue weighted by molar-refractivity contribution is 0.0220. The first-order valence-electron chi connectivity index (χ1n) is 9.65. The molecule has 7 heteroatoms. The number of nitrogens with zero attached hydrogens (tertiary/aromatic N) is 2. The van der Waals surface area contributed by atoms with Gasteiger partial charge >= 0.3 is 0 Å². The van der Waals surface area contributed by atoms with Crippen LogP contribution in [-0.4, -0.2) is 35.1 Å². The van der Waals surface area contributed by atoms with Gasteiger partial charge in [0.2, 0.25) is 0 Å². The molecule has 2 aromatic carbocycles. The van der Waals surface area contributed by atoms with Crippen molar-refractivity contribution in [2.45, 2.75) is 24.3 Å². The number of hydrogen-bond acceptors (Lipinski definition) is 4. The van der Waals surface area contributed by atoms with Gasteiger partial charge in [0.15, 0.2) is 0 Å². The minimum atomic E-state index is -0.367. The molecule has 0 spiro atoms. The summed E-state index contributed by atoms with van der Waals surface area (Å²) in [5, 5.41) is 0.687. The first-order chi connectivity index (χ1) is 14.2. The molecule has 0 saturated heterocycles. The van der Waals surface area contributed by atoms with Crippen molar-refractivity contribution in [1.82, 2.24) is 9.80 Å². The van der Waals surface area contributed by atoms with Crippen LogP contribution in [0, 0.1) is 0 Å². The van der Waals surface area contributed by atoms with E-state index < -0.39 is 0 Å². The monoisotopic (exact) mass is 510 g/mol. The molecule has 2 aliphatic heterocycles. The van der Waals surface area contributed by atoms with Gasteiger partial charge in [-0.15, -0.1) is 23.6 Å². The number of rotatable bonds is 8. The number of benzene rings is 2. The summed E-state index contributed by atoms with van der Waals surface area (Å²) in [5.41, 5.74) is 3.16. The Morgan fingerprint density at radius 2 is 1.93 bits per heavy atom. The molecule has 0 fully saturated rings. The molecule has 0 aliphatic carbocycles. The van der Waals surface area contributed by atoms with Crippen molar-refractivity contribution < 1.29 is 9.47 Å². The molecule has 2 aliphatic rings. The smallest absolute Gasteiger partial charge is 0.135 e. The largest absolute Gasteiger partial charge is 0.367 e. The molecule has 2 aromatic rings. The van der Waals surface area contributed by atoms with E-state index in [1.165, 1.54) is 11.1 Å². The molecule has 0 saturated carbocycles. The predicted molar refractivity (Wildman–Crippen MR) is 127 cm³/mol. The van der Waals surface area contributed by atoms with Crippen molar-refractivity contribution in [3.05, 3.63) is 95.3 Å². The molecule has 160 valence electrons. The molecule has 3 unspecified atom stereocenters. The summed E-state index contributed by atoms with van der Waals surface area (Å²) >= 11 is 12.9. The van der Waals surface area contributed by atoms with Crippen LogP contribution in [0.4, 0.5) is 0 Å². The van der Waals surface area contributed by atoms with Gasteiger partial charge in [0.25, 0.3) is 0 Å². The topological polar surface area (TPSA) is 24.9 Å². The number of ether oxygens (including phenoxy) is 2. The molecule has 0 N–H and O–H groups in total. The van der Waals surface area contributed by atoms with Gasteiger partial charge in [0, 0.05) is 24.0 Å². The van der Waals surface area contributed by atoms with E-state index in [0.717, 1.165) is 12.1 Å². The molecule has 0 radical (unpaired) electrons. The van der Waals surface area contributed by atoms with Gasteiger partial charge in [-0.2, -0.15) is 0 Å². The van der Waals surface area contributed by atoms with E-state index in [2.05, 4.69) is 46.8 Å². The van der Waals surface area contributed by atoms with E-state index in [9.17, 15) is 0 Å². The fourth-order valence-corrected chi connectivity index (χ4v) is 4.19. The predicted octanol–water partition coefficient (Wildman–Crippen LogP) is 6.04. The van der Waals surface area contributed by atoms with Crippen molar-refractivity contribution in [1.29, 1.82) is 0 Å². The summed E-state index contributed by atoms with van der Waals surface area (Å²) in [5.74, 6) is 0. The Bertz CT molecular complexity index is 878. The van der Waals surface area contributed by atoms with Crippen LogP contribution in [0.1, 0.15) is 28.9 Å². The molecule has 2 heterocycles. The van der Waals surface area contributed by atoms with Crippen LogP contribution >= 0.6 is 40.2 Å². The summed E-state index contributed by atoms with van der Waals surface area (Å²) in [6, 6.07) is 16.0. The third kappa shape index (κ3) is 5.21. The van der Waals surface area contributed by atoms with Gasteiger partial charge in [0.05, 0.1) is 19.9 Å². The third-order valence-corrected chi connectivity index (χ3v) is 5.95. The molecule has 0 amide bonds. The molecular formula is C23H25BrCl2N2O2. The fraction of sp³-hybridized carbons (Fsp3) is 0.304. The zero-order valence-corrected chi connectivity index (χ0v) is 19.7. The number of fused-ring (bicyclic) bond motifs is 1. The van der Waals surface area contributed by atoms with Crippen LogP contribution < -0.4 is 0 Å². The Hall–Kier alpha value is -1.50. The van der Waals surface area contributed by atoms with E-state index in [-0.39, 0.29) is 34.7 Å². The molecule has 30 heavy (non-hydrogen) atoms. The lowest BCUT2D eigenvalue weighted by Crippen LogP contribution is -2.36. The number of alkyl halides is 1. The zero-order valence-electron chi connectivity index (χ0n) is 16.5. The van der Waals surface area contributed by atoms with Crippen molar-refractivity contribution in [2.24, 2.45) is 0 Å². The molecule has 0 bridgehead atoms. The molecule has 4 nitrogen and oxygen atoms in total. The number of hydrogen-bond donors (Lipinski definition) is 0. The highest BCUT2D eigenvalue weighted by Gasteiger charge is 2.31. The maximum atomic E-state index is 6.85. The van der Waals surface area contributed by atoms with Crippen LogP contribution in [0.2, 0.25) is 5.02 Å². The standard InChI is InChI=1S/C23H24Cl2N2O2.BrH/c1-2-13-28-22(17-7-9-19(24)10-8-17)23(25)27-12-11-26(16-27)14-21-20-6-4-3-5-18(20)15-29-21;/h2-12,21-23H,1,13-16H2;1H. The first kappa shape index (κ1) is 23.2. The second-order valence-electron chi connectivity index (χ2n) is 7.19.